The third-order valence-electron chi connectivity index (χ3n) is 3.31. The lowest BCUT2D eigenvalue weighted by Gasteiger charge is -2.11. The number of thioether (sulfide) groups is 1. The number of aromatic nitrogens is 3. The molecule has 0 radical (unpaired) electrons. The fourth-order valence-electron chi connectivity index (χ4n) is 2.16. The van der Waals surface area contributed by atoms with Crippen molar-refractivity contribution < 1.29 is 4.79 Å². The highest BCUT2D eigenvalue weighted by atomic mass is 35.5. The molecule has 0 amide bonds. The Hall–Kier alpha value is -2.11. The molecule has 6 heteroatoms. The normalized spacial score (nSPS) is 12.1. The quantitative estimate of drug-likeness (QED) is 0.512. The van der Waals surface area contributed by atoms with Crippen LogP contribution in [-0.4, -0.2) is 25.8 Å². The van der Waals surface area contributed by atoms with E-state index in [1.807, 2.05) is 41.8 Å². The van der Waals surface area contributed by atoms with Crippen molar-refractivity contribution in [1.29, 1.82) is 0 Å². The molecule has 1 unspecified atom stereocenters. The maximum atomic E-state index is 12.5. The van der Waals surface area contributed by atoms with E-state index in [1.54, 1.807) is 30.6 Å². The van der Waals surface area contributed by atoms with Crippen molar-refractivity contribution in [3.8, 4) is 5.69 Å². The van der Waals surface area contributed by atoms with Crippen molar-refractivity contribution in [3.63, 3.8) is 0 Å². The van der Waals surface area contributed by atoms with Crippen LogP contribution in [0, 0.1) is 0 Å². The maximum Gasteiger partial charge on any atom is 0.196 e. The topological polar surface area (TPSA) is 47.8 Å². The number of halogens is 1. The number of hydrogen-bond acceptors (Lipinski definition) is 4. The highest BCUT2D eigenvalue weighted by Crippen LogP contribution is 2.26. The van der Waals surface area contributed by atoms with Crippen LogP contribution in [0.3, 0.4) is 0 Å². The minimum Gasteiger partial charge on any atom is -0.293 e. The summed E-state index contributed by atoms with van der Waals surface area (Å²) in [6, 6.07) is 16.8. The van der Waals surface area contributed by atoms with Gasteiger partial charge >= 0.3 is 0 Å². The highest BCUT2D eigenvalue weighted by Gasteiger charge is 2.20. The molecular weight excluding hydrogens is 330 g/mol. The standard InChI is InChI=1S/C17H14ClN3OS/c1-12(16(22)13-6-5-7-14(18)10-13)23-17-20-19-11-21(17)15-8-3-2-4-9-15/h2-12H,1H3. The molecule has 3 rings (SSSR count). The zero-order valence-corrected chi connectivity index (χ0v) is 14.0. The smallest absolute Gasteiger partial charge is 0.196 e. The van der Waals surface area contributed by atoms with Gasteiger partial charge in [0.25, 0.3) is 0 Å². The van der Waals surface area contributed by atoms with Crippen molar-refractivity contribution >= 4 is 29.1 Å². The lowest BCUT2D eigenvalue weighted by atomic mass is 10.1. The summed E-state index contributed by atoms with van der Waals surface area (Å²) in [5.74, 6) is 0.0140. The number of carbonyl (C=O) groups excluding carboxylic acids is 1. The molecule has 23 heavy (non-hydrogen) atoms. The van der Waals surface area contributed by atoms with Crippen LogP contribution in [0.15, 0.2) is 66.1 Å². The van der Waals surface area contributed by atoms with Gasteiger partial charge in [0.2, 0.25) is 0 Å². The van der Waals surface area contributed by atoms with Crippen molar-refractivity contribution in [2.24, 2.45) is 0 Å². The molecule has 1 aromatic heterocycles. The molecule has 0 saturated heterocycles. The van der Waals surface area contributed by atoms with Gasteiger partial charge in [-0.3, -0.25) is 9.36 Å². The molecule has 0 N–H and O–H groups in total. The van der Waals surface area contributed by atoms with Gasteiger partial charge < -0.3 is 0 Å². The monoisotopic (exact) mass is 343 g/mol. The number of Topliss-reactive ketones (excluding diaryl/α,β-unsaturated/α-hetero) is 1. The summed E-state index contributed by atoms with van der Waals surface area (Å²) in [5.41, 5.74) is 1.56. The molecule has 0 aliphatic carbocycles. The lowest BCUT2D eigenvalue weighted by Crippen LogP contribution is -2.14. The predicted molar refractivity (Wildman–Crippen MR) is 92.5 cm³/mol. The van der Waals surface area contributed by atoms with Crippen LogP contribution in [0.4, 0.5) is 0 Å². The van der Waals surface area contributed by atoms with Crippen molar-refractivity contribution in [2.75, 3.05) is 0 Å². The van der Waals surface area contributed by atoms with Crippen LogP contribution < -0.4 is 0 Å². The Morgan fingerprint density at radius 2 is 1.96 bits per heavy atom. The summed E-state index contributed by atoms with van der Waals surface area (Å²) in [5, 5.41) is 9.03. The molecule has 0 aliphatic heterocycles. The van der Waals surface area contributed by atoms with E-state index in [9.17, 15) is 4.79 Å². The van der Waals surface area contributed by atoms with Crippen LogP contribution in [0.25, 0.3) is 5.69 Å². The van der Waals surface area contributed by atoms with Crippen LogP contribution >= 0.6 is 23.4 Å². The molecule has 0 saturated carbocycles. The van der Waals surface area contributed by atoms with E-state index in [1.165, 1.54) is 11.8 Å². The van der Waals surface area contributed by atoms with E-state index in [0.717, 1.165) is 5.69 Å². The first-order chi connectivity index (χ1) is 11.1. The number of hydrogen-bond donors (Lipinski definition) is 0. The minimum absolute atomic E-state index is 0.0140. The van der Waals surface area contributed by atoms with Gasteiger partial charge in [-0.15, -0.1) is 10.2 Å². The molecule has 0 bridgehead atoms. The van der Waals surface area contributed by atoms with E-state index in [-0.39, 0.29) is 11.0 Å². The molecule has 2 aromatic carbocycles. The summed E-state index contributed by atoms with van der Waals surface area (Å²) in [7, 11) is 0. The number of benzene rings is 2. The Kier molecular flexibility index (Phi) is 4.79. The van der Waals surface area contributed by atoms with E-state index in [4.69, 9.17) is 11.6 Å². The second kappa shape index (κ2) is 6.98. The summed E-state index contributed by atoms with van der Waals surface area (Å²) in [4.78, 5) is 12.5. The fourth-order valence-corrected chi connectivity index (χ4v) is 3.27. The summed E-state index contributed by atoms with van der Waals surface area (Å²) >= 11 is 7.33. The number of rotatable bonds is 5. The predicted octanol–water partition coefficient (Wildman–Crippen LogP) is 4.28. The van der Waals surface area contributed by atoms with Gasteiger partial charge in [0.15, 0.2) is 10.9 Å². The Labute approximate surface area is 143 Å². The maximum absolute atomic E-state index is 12.5. The Morgan fingerprint density at radius 1 is 1.17 bits per heavy atom. The van der Waals surface area contributed by atoms with Crippen molar-refractivity contribution in [1.82, 2.24) is 14.8 Å². The number of carbonyl (C=O) groups is 1. The molecule has 1 atom stereocenters. The molecule has 0 aliphatic rings. The zero-order chi connectivity index (χ0) is 16.2. The van der Waals surface area contributed by atoms with Gasteiger partial charge in [0.05, 0.1) is 5.25 Å². The van der Waals surface area contributed by atoms with Gasteiger partial charge in [0.1, 0.15) is 6.33 Å². The second-order valence-corrected chi connectivity index (χ2v) is 6.70. The summed E-state index contributed by atoms with van der Waals surface area (Å²) in [6.45, 7) is 1.86. The van der Waals surface area contributed by atoms with Gasteiger partial charge in [-0.2, -0.15) is 0 Å². The Balaban J connectivity index is 1.80. The molecule has 116 valence electrons. The molecule has 4 nitrogen and oxygen atoms in total. The first-order valence-electron chi connectivity index (χ1n) is 7.07. The van der Waals surface area contributed by atoms with Gasteiger partial charge in [-0.05, 0) is 31.2 Å². The minimum atomic E-state index is -0.292. The molecule has 3 aromatic rings. The molecule has 0 spiro atoms. The fraction of sp³-hybridized carbons (Fsp3) is 0.118. The van der Waals surface area contributed by atoms with E-state index >= 15 is 0 Å². The first kappa shape index (κ1) is 15.8. The average Bonchev–Trinajstić information content (AvgIpc) is 3.03. The number of ketones is 1. The van der Waals surface area contributed by atoms with Gasteiger partial charge in [-0.25, -0.2) is 0 Å². The van der Waals surface area contributed by atoms with Crippen LogP contribution in [0.1, 0.15) is 17.3 Å². The van der Waals surface area contributed by atoms with Gasteiger partial charge in [0, 0.05) is 16.3 Å². The number of para-hydroxylation sites is 1. The van der Waals surface area contributed by atoms with Crippen molar-refractivity contribution in [2.45, 2.75) is 17.3 Å². The molecular formula is C17H14ClN3OS. The largest absolute Gasteiger partial charge is 0.293 e. The second-order valence-electron chi connectivity index (χ2n) is 4.95. The molecule has 1 heterocycles. The van der Waals surface area contributed by atoms with E-state index < -0.39 is 0 Å². The number of nitrogens with zero attached hydrogens (tertiary/aromatic N) is 3. The van der Waals surface area contributed by atoms with Gasteiger partial charge in [-0.1, -0.05) is 53.7 Å². The summed E-state index contributed by atoms with van der Waals surface area (Å²) in [6.07, 6.45) is 1.65. The zero-order valence-electron chi connectivity index (χ0n) is 12.4. The summed E-state index contributed by atoms with van der Waals surface area (Å²) < 4.78 is 1.87. The average molecular weight is 344 g/mol. The lowest BCUT2D eigenvalue weighted by molar-refractivity contribution is 0.0994. The van der Waals surface area contributed by atoms with E-state index in [2.05, 4.69) is 10.2 Å². The van der Waals surface area contributed by atoms with Crippen LogP contribution in [0.2, 0.25) is 5.02 Å². The third-order valence-corrected chi connectivity index (χ3v) is 4.60. The van der Waals surface area contributed by atoms with Crippen LogP contribution in [-0.2, 0) is 0 Å². The highest BCUT2D eigenvalue weighted by molar-refractivity contribution is 8.00. The van der Waals surface area contributed by atoms with Crippen molar-refractivity contribution in [3.05, 3.63) is 71.5 Å². The first-order valence-corrected chi connectivity index (χ1v) is 8.33. The Morgan fingerprint density at radius 3 is 2.70 bits per heavy atom. The SMILES string of the molecule is CC(Sc1nncn1-c1ccccc1)C(=O)c1cccc(Cl)c1. The van der Waals surface area contributed by atoms with E-state index in [0.29, 0.717) is 15.7 Å². The van der Waals surface area contributed by atoms with Crippen LogP contribution in [0.5, 0.6) is 0 Å². The molecule has 0 fully saturated rings. The Bertz CT molecular complexity index is 819. The third kappa shape index (κ3) is 3.63.